The highest BCUT2D eigenvalue weighted by Gasteiger charge is 2.29. The van der Waals surface area contributed by atoms with Crippen molar-refractivity contribution in [2.75, 3.05) is 0 Å². The van der Waals surface area contributed by atoms with Gasteiger partial charge in [-0.2, -0.15) is 0 Å². The molecule has 12 heavy (non-hydrogen) atoms. The van der Waals surface area contributed by atoms with Crippen LogP contribution in [0.3, 0.4) is 0 Å². The van der Waals surface area contributed by atoms with Gasteiger partial charge in [-0.3, -0.25) is 9.59 Å². The molecule has 1 heterocycles. The number of fused-ring (bicyclic) bond motifs is 1. The van der Waals surface area contributed by atoms with Gasteiger partial charge >= 0.3 is 0 Å². The summed E-state index contributed by atoms with van der Waals surface area (Å²) in [6.07, 6.45) is 6.41. The molecule has 0 bridgehead atoms. The van der Waals surface area contributed by atoms with Crippen LogP contribution in [0, 0.1) is 5.92 Å². The Hall–Kier alpha value is -0.830. The van der Waals surface area contributed by atoms with E-state index in [0.29, 0.717) is 12.8 Å². The van der Waals surface area contributed by atoms with Crippen molar-refractivity contribution in [2.45, 2.75) is 12.8 Å². The van der Waals surface area contributed by atoms with E-state index in [4.69, 9.17) is 0 Å². The van der Waals surface area contributed by atoms with Crippen LogP contribution in [0.2, 0.25) is 0 Å². The lowest BCUT2D eigenvalue weighted by atomic mass is 9.94. The quantitative estimate of drug-likeness (QED) is 0.568. The molecule has 1 atom stereocenters. The average molecular weight is 180 g/mol. The monoisotopic (exact) mass is 180 g/mol. The third-order valence-corrected chi connectivity index (χ3v) is 3.16. The minimum absolute atomic E-state index is 0.0160. The summed E-state index contributed by atoms with van der Waals surface area (Å²) in [5.41, 5.74) is 0. The first kappa shape index (κ1) is 7.80. The van der Waals surface area contributed by atoms with Crippen molar-refractivity contribution in [3.63, 3.8) is 0 Å². The summed E-state index contributed by atoms with van der Waals surface area (Å²) in [5, 5.41) is 0.181. The highest BCUT2D eigenvalue weighted by atomic mass is 32.2. The zero-order chi connectivity index (χ0) is 8.55. The smallest absolute Gasteiger partial charge is 0.193 e. The molecular weight excluding hydrogens is 172 g/mol. The molecule has 1 unspecified atom stereocenters. The van der Waals surface area contributed by atoms with Crippen LogP contribution in [0.4, 0.5) is 0 Å². The second-order valence-corrected chi connectivity index (χ2v) is 4.03. The zero-order valence-corrected chi connectivity index (χ0v) is 7.26. The normalized spacial score (nSPS) is 28.3. The van der Waals surface area contributed by atoms with Crippen LogP contribution in [0.5, 0.6) is 0 Å². The van der Waals surface area contributed by atoms with Gasteiger partial charge in [0.1, 0.15) is 0 Å². The van der Waals surface area contributed by atoms with E-state index >= 15 is 0 Å². The Morgan fingerprint density at radius 3 is 3.08 bits per heavy atom. The minimum Gasteiger partial charge on any atom is -0.294 e. The Balaban J connectivity index is 2.27. The predicted octanol–water partition coefficient (Wildman–Crippen LogP) is 1.68. The summed E-state index contributed by atoms with van der Waals surface area (Å²) in [5.74, 6) is 0.130. The summed E-state index contributed by atoms with van der Waals surface area (Å²) in [7, 11) is 0. The summed E-state index contributed by atoms with van der Waals surface area (Å²) in [6, 6.07) is 0. The SMILES string of the molecule is O=C1CCC2C(=O)C=CC=C2S1. The van der Waals surface area contributed by atoms with E-state index in [0.717, 1.165) is 4.91 Å². The van der Waals surface area contributed by atoms with Gasteiger partial charge in [0, 0.05) is 11.3 Å². The van der Waals surface area contributed by atoms with Crippen molar-refractivity contribution in [3.05, 3.63) is 23.1 Å². The lowest BCUT2D eigenvalue weighted by molar-refractivity contribution is -0.117. The van der Waals surface area contributed by atoms with Crippen LogP contribution >= 0.6 is 11.8 Å². The zero-order valence-electron chi connectivity index (χ0n) is 6.45. The molecule has 2 aliphatic rings. The Kier molecular flexibility index (Phi) is 1.89. The number of carbonyl (C=O) groups is 2. The highest BCUT2D eigenvalue weighted by molar-refractivity contribution is 8.17. The molecule has 0 radical (unpaired) electrons. The molecule has 1 aliphatic heterocycles. The highest BCUT2D eigenvalue weighted by Crippen LogP contribution is 2.37. The summed E-state index contributed by atoms with van der Waals surface area (Å²) >= 11 is 1.22. The van der Waals surface area contributed by atoms with Crippen molar-refractivity contribution < 1.29 is 9.59 Å². The van der Waals surface area contributed by atoms with Gasteiger partial charge in [-0.15, -0.1) is 0 Å². The fourth-order valence-corrected chi connectivity index (χ4v) is 2.45. The molecule has 0 aromatic heterocycles. The van der Waals surface area contributed by atoms with Gasteiger partial charge in [-0.25, -0.2) is 0 Å². The molecule has 1 saturated heterocycles. The van der Waals surface area contributed by atoms with Crippen LogP contribution in [-0.4, -0.2) is 10.9 Å². The van der Waals surface area contributed by atoms with Gasteiger partial charge in [-0.05, 0) is 12.5 Å². The third-order valence-electron chi connectivity index (χ3n) is 2.08. The first-order valence-corrected chi connectivity index (χ1v) is 4.72. The maximum Gasteiger partial charge on any atom is 0.193 e. The molecule has 62 valence electrons. The molecule has 2 rings (SSSR count). The van der Waals surface area contributed by atoms with Gasteiger partial charge in [0.15, 0.2) is 10.9 Å². The topological polar surface area (TPSA) is 34.1 Å². The van der Waals surface area contributed by atoms with E-state index in [1.54, 1.807) is 12.2 Å². The van der Waals surface area contributed by atoms with Crippen LogP contribution in [0.1, 0.15) is 12.8 Å². The molecule has 0 saturated carbocycles. The Morgan fingerprint density at radius 1 is 1.42 bits per heavy atom. The Labute approximate surface area is 74.7 Å². The van der Waals surface area contributed by atoms with Crippen LogP contribution < -0.4 is 0 Å². The van der Waals surface area contributed by atoms with E-state index in [1.807, 2.05) is 6.08 Å². The Morgan fingerprint density at radius 2 is 2.25 bits per heavy atom. The van der Waals surface area contributed by atoms with E-state index in [-0.39, 0.29) is 16.8 Å². The molecule has 2 nitrogen and oxygen atoms in total. The fraction of sp³-hybridized carbons (Fsp3) is 0.333. The second-order valence-electron chi connectivity index (χ2n) is 2.90. The number of thioether (sulfide) groups is 1. The first-order valence-electron chi connectivity index (χ1n) is 3.90. The van der Waals surface area contributed by atoms with Crippen LogP contribution in [0.25, 0.3) is 0 Å². The summed E-state index contributed by atoms with van der Waals surface area (Å²) in [4.78, 5) is 23.2. The molecular formula is C9H8O2S. The number of rotatable bonds is 0. The van der Waals surface area contributed by atoms with Gasteiger partial charge in [-0.1, -0.05) is 23.9 Å². The van der Waals surface area contributed by atoms with Gasteiger partial charge < -0.3 is 0 Å². The number of hydrogen-bond acceptors (Lipinski definition) is 3. The largest absolute Gasteiger partial charge is 0.294 e. The van der Waals surface area contributed by atoms with Gasteiger partial charge in [0.2, 0.25) is 0 Å². The number of hydrogen-bond donors (Lipinski definition) is 0. The minimum atomic E-state index is -0.0160. The molecule has 0 spiro atoms. The molecule has 1 fully saturated rings. The lowest BCUT2D eigenvalue weighted by Gasteiger charge is -2.22. The first-order chi connectivity index (χ1) is 5.77. The standard InChI is InChI=1S/C9H8O2S/c10-7-2-1-3-8-6(7)4-5-9(11)12-8/h1-3,6H,4-5H2. The van der Waals surface area contributed by atoms with E-state index in [9.17, 15) is 9.59 Å². The van der Waals surface area contributed by atoms with Crippen LogP contribution in [0.15, 0.2) is 23.1 Å². The molecule has 0 amide bonds. The number of ketones is 1. The van der Waals surface area contributed by atoms with Gasteiger partial charge in [0.05, 0.1) is 5.92 Å². The number of allylic oxidation sites excluding steroid dienone is 4. The van der Waals surface area contributed by atoms with Crippen molar-refractivity contribution in [1.29, 1.82) is 0 Å². The summed E-state index contributed by atoms with van der Waals surface area (Å²) in [6.45, 7) is 0. The van der Waals surface area contributed by atoms with Crippen molar-refractivity contribution >= 4 is 22.7 Å². The predicted molar refractivity (Wildman–Crippen MR) is 47.6 cm³/mol. The molecule has 1 aliphatic carbocycles. The maximum atomic E-state index is 11.3. The second kappa shape index (κ2) is 2.90. The number of carbonyl (C=O) groups excluding carboxylic acids is 2. The molecule has 0 N–H and O–H groups in total. The Bertz CT molecular complexity index is 302. The van der Waals surface area contributed by atoms with E-state index < -0.39 is 0 Å². The third kappa shape index (κ3) is 1.25. The fourth-order valence-electron chi connectivity index (χ4n) is 1.44. The average Bonchev–Trinajstić information content (AvgIpc) is 2.04. The molecule has 3 heteroatoms. The van der Waals surface area contributed by atoms with Crippen molar-refractivity contribution in [2.24, 2.45) is 5.92 Å². The van der Waals surface area contributed by atoms with Gasteiger partial charge in [0.25, 0.3) is 0 Å². The summed E-state index contributed by atoms with van der Waals surface area (Å²) < 4.78 is 0. The maximum absolute atomic E-state index is 11.3. The molecule has 0 aromatic carbocycles. The van der Waals surface area contributed by atoms with Crippen molar-refractivity contribution in [3.8, 4) is 0 Å². The molecule has 0 aromatic rings. The lowest BCUT2D eigenvalue weighted by Crippen LogP contribution is -2.21. The van der Waals surface area contributed by atoms with Crippen LogP contribution in [-0.2, 0) is 9.59 Å². The van der Waals surface area contributed by atoms with Crippen molar-refractivity contribution in [1.82, 2.24) is 0 Å². The van der Waals surface area contributed by atoms with E-state index in [2.05, 4.69) is 0 Å². The van der Waals surface area contributed by atoms with E-state index in [1.165, 1.54) is 11.8 Å².